The van der Waals surface area contributed by atoms with Crippen molar-refractivity contribution >= 4 is 12.0 Å². The van der Waals surface area contributed by atoms with Gasteiger partial charge in [0.2, 0.25) is 0 Å². The third-order valence-electron chi connectivity index (χ3n) is 2.82. The monoisotopic (exact) mass is 268 g/mol. The molecule has 0 aliphatic heterocycles. The van der Waals surface area contributed by atoms with E-state index in [1.165, 1.54) is 12.5 Å². The first-order valence-corrected chi connectivity index (χ1v) is 6.29. The second-order valence-electron chi connectivity index (χ2n) is 4.45. The molecule has 3 N–H and O–H groups in total. The number of nitrogens with one attached hydrogen (secondary N) is 2. The first-order valence-electron chi connectivity index (χ1n) is 6.29. The van der Waals surface area contributed by atoms with Crippen LogP contribution < -0.4 is 10.6 Å². The Morgan fingerprint density at radius 2 is 2.21 bits per heavy atom. The molecule has 0 spiro atoms. The van der Waals surface area contributed by atoms with E-state index >= 15 is 0 Å². The highest BCUT2D eigenvalue weighted by molar-refractivity contribution is 5.84. The molecule has 0 aliphatic carbocycles. The van der Waals surface area contributed by atoms with E-state index in [1.54, 1.807) is 4.57 Å². The number of carboxylic acids is 1. The number of aromatic carboxylic acids is 1. The van der Waals surface area contributed by atoms with Crippen molar-refractivity contribution in [2.24, 2.45) is 5.92 Å². The molecule has 7 nitrogen and oxygen atoms in total. The molecule has 2 amide bonds. The summed E-state index contributed by atoms with van der Waals surface area (Å²) in [5.41, 5.74) is 0.00113. The van der Waals surface area contributed by atoms with E-state index in [1.807, 2.05) is 0 Å². The summed E-state index contributed by atoms with van der Waals surface area (Å²) in [6.07, 6.45) is 3.89. The zero-order chi connectivity index (χ0) is 14.3. The van der Waals surface area contributed by atoms with Crippen molar-refractivity contribution in [3.8, 4) is 0 Å². The SMILES string of the molecule is CCC(C)CNC(=O)NCCn1cnc(C(=O)O)c1. The molecule has 0 saturated carbocycles. The van der Waals surface area contributed by atoms with Crippen LogP contribution in [0.25, 0.3) is 0 Å². The zero-order valence-electron chi connectivity index (χ0n) is 11.2. The van der Waals surface area contributed by atoms with Gasteiger partial charge in [-0.1, -0.05) is 20.3 Å². The largest absolute Gasteiger partial charge is 0.476 e. The zero-order valence-corrected chi connectivity index (χ0v) is 11.2. The molecule has 106 valence electrons. The molecule has 1 aromatic heterocycles. The fourth-order valence-corrected chi connectivity index (χ4v) is 1.37. The Hall–Kier alpha value is -2.05. The van der Waals surface area contributed by atoms with Gasteiger partial charge in [-0.25, -0.2) is 14.6 Å². The van der Waals surface area contributed by atoms with E-state index < -0.39 is 5.97 Å². The van der Waals surface area contributed by atoms with Crippen LogP contribution in [0.4, 0.5) is 4.79 Å². The maximum atomic E-state index is 11.4. The number of carboxylic acid groups (broad SMARTS) is 1. The van der Waals surface area contributed by atoms with Crippen molar-refractivity contribution in [1.29, 1.82) is 0 Å². The van der Waals surface area contributed by atoms with Crippen molar-refractivity contribution in [1.82, 2.24) is 20.2 Å². The molecule has 1 rings (SSSR count). The average molecular weight is 268 g/mol. The smallest absolute Gasteiger partial charge is 0.356 e. The number of carbonyl (C=O) groups is 2. The Morgan fingerprint density at radius 3 is 2.79 bits per heavy atom. The molecule has 19 heavy (non-hydrogen) atoms. The molecule has 1 aromatic rings. The van der Waals surface area contributed by atoms with E-state index in [0.29, 0.717) is 25.6 Å². The number of urea groups is 1. The molecule has 1 atom stereocenters. The summed E-state index contributed by atoms with van der Waals surface area (Å²) in [5, 5.41) is 14.2. The lowest BCUT2D eigenvalue weighted by molar-refractivity contribution is 0.0691. The number of aromatic nitrogens is 2. The van der Waals surface area contributed by atoms with Gasteiger partial charge < -0.3 is 20.3 Å². The molecule has 1 heterocycles. The highest BCUT2D eigenvalue weighted by Crippen LogP contribution is 1.97. The Morgan fingerprint density at radius 1 is 1.47 bits per heavy atom. The van der Waals surface area contributed by atoms with Crippen LogP contribution in [0.5, 0.6) is 0 Å². The van der Waals surface area contributed by atoms with E-state index in [4.69, 9.17) is 5.11 Å². The van der Waals surface area contributed by atoms with Crippen LogP contribution in [0.2, 0.25) is 0 Å². The van der Waals surface area contributed by atoms with Crippen LogP contribution in [-0.2, 0) is 6.54 Å². The fraction of sp³-hybridized carbons (Fsp3) is 0.583. The maximum absolute atomic E-state index is 11.4. The molecule has 0 fully saturated rings. The third kappa shape index (κ3) is 5.41. The number of hydrogen-bond donors (Lipinski definition) is 3. The Kier molecular flexibility index (Phi) is 5.84. The second-order valence-corrected chi connectivity index (χ2v) is 4.45. The van der Waals surface area contributed by atoms with Gasteiger partial charge in [0, 0.05) is 25.8 Å². The maximum Gasteiger partial charge on any atom is 0.356 e. The van der Waals surface area contributed by atoms with Gasteiger partial charge in [0.1, 0.15) is 0 Å². The topological polar surface area (TPSA) is 96.3 Å². The number of nitrogens with zero attached hydrogens (tertiary/aromatic N) is 2. The summed E-state index contributed by atoms with van der Waals surface area (Å²) in [5.74, 6) is -0.601. The fourth-order valence-electron chi connectivity index (χ4n) is 1.37. The first kappa shape index (κ1) is 15.0. The van der Waals surface area contributed by atoms with Crippen molar-refractivity contribution in [3.63, 3.8) is 0 Å². The minimum atomic E-state index is -1.06. The highest BCUT2D eigenvalue weighted by atomic mass is 16.4. The summed E-state index contributed by atoms with van der Waals surface area (Å²) in [6, 6.07) is -0.209. The summed E-state index contributed by atoms with van der Waals surface area (Å²) in [6.45, 7) is 5.69. The summed E-state index contributed by atoms with van der Waals surface area (Å²) in [7, 11) is 0. The third-order valence-corrected chi connectivity index (χ3v) is 2.82. The van der Waals surface area contributed by atoms with Gasteiger partial charge in [0.25, 0.3) is 0 Å². The number of amides is 2. The van der Waals surface area contributed by atoms with Crippen molar-refractivity contribution in [2.75, 3.05) is 13.1 Å². The Labute approximate surface area is 112 Å². The lowest BCUT2D eigenvalue weighted by Gasteiger charge is -2.11. The lowest BCUT2D eigenvalue weighted by Crippen LogP contribution is -2.39. The normalized spacial score (nSPS) is 11.9. The van der Waals surface area contributed by atoms with Gasteiger partial charge in [-0.15, -0.1) is 0 Å². The molecule has 0 saturated heterocycles. The van der Waals surface area contributed by atoms with E-state index in [2.05, 4.69) is 29.5 Å². The van der Waals surface area contributed by atoms with Crippen molar-refractivity contribution in [3.05, 3.63) is 18.2 Å². The van der Waals surface area contributed by atoms with Crippen molar-refractivity contribution in [2.45, 2.75) is 26.8 Å². The quantitative estimate of drug-likeness (QED) is 0.685. The van der Waals surface area contributed by atoms with Gasteiger partial charge in [-0.2, -0.15) is 0 Å². The predicted molar refractivity (Wildman–Crippen MR) is 70.0 cm³/mol. The molecule has 0 aromatic carbocycles. The lowest BCUT2D eigenvalue weighted by atomic mass is 10.1. The summed E-state index contributed by atoms with van der Waals surface area (Å²) < 4.78 is 1.62. The van der Waals surface area contributed by atoms with Crippen LogP contribution in [-0.4, -0.2) is 39.7 Å². The number of carbonyl (C=O) groups excluding carboxylic acids is 1. The minimum Gasteiger partial charge on any atom is -0.476 e. The number of rotatable bonds is 7. The van der Waals surface area contributed by atoms with Crippen LogP contribution >= 0.6 is 0 Å². The van der Waals surface area contributed by atoms with Crippen molar-refractivity contribution < 1.29 is 14.7 Å². The Bertz CT molecular complexity index is 430. The van der Waals surface area contributed by atoms with Crippen LogP contribution in [0.15, 0.2) is 12.5 Å². The predicted octanol–water partition coefficient (Wildman–Crippen LogP) is 0.927. The van der Waals surface area contributed by atoms with Crippen LogP contribution in [0.3, 0.4) is 0 Å². The van der Waals surface area contributed by atoms with Gasteiger partial charge in [-0.3, -0.25) is 0 Å². The Balaban J connectivity index is 2.22. The standard InChI is InChI=1S/C12H20N4O3/c1-3-9(2)6-14-12(19)13-4-5-16-7-10(11(17)18)15-8-16/h7-9H,3-6H2,1-2H3,(H,17,18)(H2,13,14,19). The van der Waals surface area contributed by atoms with Crippen LogP contribution in [0, 0.1) is 5.92 Å². The van der Waals surface area contributed by atoms with E-state index in [0.717, 1.165) is 6.42 Å². The molecule has 1 unspecified atom stereocenters. The molecular weight excluding hydrogens is 248 g/mol. The number of imidazole rings is 1. The van der Waals surface area contributed by atoms with Gasteiger partial charge in [0.05, 0.1) is 6.33 Å². The first-order chi connectivity index (χ1) is 9.02. The molecule has 0 bridgehead atoms. The molecule has 0 radical (unpaired) electrons. The van der Waals surface area contributed by atoms with E-state index in [-0.39, 0.29) is 11.7 Å². The highest BCUT2D eigenvalue weighted by Gasteiger charge is 2.06. The average Bonchev–Trinajstić information content (AvgIpc) is 2.85. The molecule has 0 aliphatic rings. The van der Waals surface area contributed by atoms with E-state index in [9.17, 15) is 9.59 Å². The second kappa shape index (κ2) is 7.40. The van der Waals surface area contributed by atoms with Gasteiger partial charge in [-0.05, 0) is 5.92 Å². The summed E-state index contributed by atoms with van der Waals surface area (Å²) >= 11 is 0. The molecular formula is C12H20N4O3. The van der Waals surface area contributed by atoms with Gasteiger partial charge >= 0.3 is 12.0 Å². The minimum absolute atomic E-state index is 0.00113. The van der Waals surface area contributed by atoms with Gasteiger partial charge in [0.15, 0.2) is 5.69 Å². The molecule has 7 heteroatoms. The number of hydrogen-bond acceptors (Lipinski definition) is 3. The summed E-state index contributed by atoms with van der Waals surface area (Å²) in [4.78, 5) is 25.8. The van der Waals surface area contributed by atoms with Crippen LogP contribution in [0.1, 0.15) is 30.8 Å².